The Balaban J connectivity index is 2.32. The highest BCUT2D eigenvalue weighted by Gasteiger charge is 2.37. The predicted molar refractivity (Wildman–Crippen MR) is 79.8 cm³/mol. The molecular weight excluding hydrogens is 345 g/mol. The van der Waals surface area contributed by atoms with Crippen LogP contribution in [0.3, 0.4) is 0 Å². The smallest absolute Gasteiger partial charge is 0.266 e. The first-order valence-electron chi connectivity index (χ1n) is 6.23. The van der Waals surface area contributed by atoms with Gasteiger partial charge in [-0.15, -0.1) is 0 Å². The number of thioether (sulfide) groups is 1. The highest BCUT2D eigenvalue weighted by molar-refractivity contribution is 8.26. The molecule has 0 N–H and O–H groups in total. The van der Waals surface area contributed by atoms with E-state index in [0.29, 0.717) is 10.5 Å². The fraction of sp³-hybridized carbons (Fsp3) is 0.143. The Kier molecular flexibility index (Phi) is 5.12. The SMILES string of the molecule is O=C([O-])C[C@@H](C(=O)[O-])N1C(=O)/C(=C\c2cccc(F)c2)SC1=S. The van der Waals surface area contributed by atoms with Gasteiger partial charge in [0, 0.05) is 12.4 Å². The van der Waals surface area contributed by atoms with Crippen molar-refractivity contribution in [2.24, 2.45) is 0 Å². The van der Waals surface area contributed by atoms with Crippen molar-refractivity contribution in [1.29, 1.82) is 0 Å². The Morgan fingerprint density at radius 2 is 2.09 bits per heavy atom. The molecule has 1 heterocycles. The second kappa shape index (κ2) is 6.88. The minimum atomic E-state index is -1.76. The summed E-state index contributed by atoms with van der Waals surface area (Å²) in [4.78, 5) is 34.7. The zero-order chi connectivity index (χ0) is 17.1. The van der Waals surface area contributed by atoms with E-state index < -0.39 is 36.1 Å². The van der Waals surface area contributed by atoms with E-state index in [-0.39, 0.29) is 9.23 Å². The van der Waals surface area contributed by atoms with Gasteiger partial charge in [-0.2, -0.15) is 0 Å². The lowest BCUT2D eigenvalue weighted by Crippen LogP contribution is -2.52. The third-order valence-corrected chi connectivity index (χ3v) is 4.24. The second-order valence-electron chi connectivity index (χ2n) is 4.52. The highest BCUT2D eigenvalue weighted by atomic mass is 32.2. The third-order valence-electron chi connectivity index (χ3n) is 2.91. The number of nitrogens with zero attached hydrogens (tertiary/aromatic N) is 1. The highest BCUT2D eigenvalue weighted by Crippen LogP contribution is 2.34. The number of thiocarbonyl (C=S) groups is 1. The molecule has 0 aliphatic carbocycles. The molecule has 0 aromatic heterocycles. The van der Waals surface area contributed by atoms with Crippen LogP contribution in [0.2, 0.25) is 0 Å². The van der Waals surface area contributed by atoms with E-state index in [9.17, 15) is 29.0 Å². The molecule has 1 aromatic carbocycles. The predicted octanol–water partition coefficient (Wildman–Crippen LogP) is -0.715. The molecule has 2 rings (SSSR count). The van der Waals surface area contributed by atoms with Crippen molar-refractivity contribution in [3.05, 3.63) is 40.6 Å². The number of halogens is 1. The number of benzene rings is 1. The summed E-state index contributed by atoms with van der Waals surface area (Å²) in [6, 6.07) is 3.65. The van der Waals surface area contributed by atoms with Gasteiger partial charge in [0.25, 0.3) is 5.91 Å². The van der Waals surface area contributed by atoms with Crippen molar-refractivity contribution in [3.8, 4) is 0 Å². The molecule has 0 saturated carbocycles. The van der Waals surface area contributed by atoms with Crippen LogP contribution in [0.15, 0.2) is 29.2 Å². The van der Waals surface area contributed by atoms with Crippen molar-refractivity contribution in [2.45, 2.75) is 12.5 Å². The van der Waals surface area contributed by atoms with Gasteiger partial charge in [-0.05, 0) is 23.8 Å². The number of carbonyl (C=O) groups excluding carboxylic acids is 3. The Bertz CT molecular complexity index is 734. The molecular formula is C14H8FNO5S2-2. The number of hydrogen-bond donors (Lipinski definition) is 0. The molecule has 1 aliphatic heterocycles. The molecule has 1 amide bonds. The minimum absolute atomic E-state index is 0.0604. The van der Waals surface area contributed by atoms with Gasteiger partial charge in [0.15, 0.2) is 0 Å². The Labute approximate surface area is 139 Å². The molecule has 0 bridgehead atoms. The van der Waals surface area contributed by atoms with Gasteiger partial charge in [-0.1, -0.05) is 36.1 Å². The Morgan fingerprint density at radius 3 is 2.65 bits per heavy atom. The van der Waals surface area contributed by atoms with E-state index in [4.69, 9.17) is 12.2 Å². The summed E-state index contributed by atoms with van der Waals surface area (Å²) >= 11 is 5.73. The number of rotatable bonds is 5. The number of aliphatic carboxylic acids is 2. The van der Waals surface area contributed by atoms with Gasteiger partial charge in [0.1, 0.15) is 10.1 Å². The number of hydrogen-bond acceptors (Lipinski definition) is 7. The van der Waals surface area contributed by atoms with Crippen LogP contribution in [-0.2, 0) is 14.4 Å². The number of carboxylic acid groups (broad SMARTS) is 2. The van der Waals surface area contributed by atoms with Crippen molar-refractivity contribution in [2.75, 3.05) is 0 Å². The van der Waals surface area contributed by atoms with Crippen LogP contribution in [0.1, 0.15) is 12.0 Å². The van der Waals surface area contributed by atoms with Crippen LogP contribution in [0.5, 0.6) is 0 Å². The first-order valence-corrected chi connectivity index (χ1v) is 7.45. The Morgan fingerprint density at radius 1 is 1.39 bits per heavy atom. The molecule has 1 fully saturated rings. The van der Waals surface area contributed by atoms with Crippen LogP contribution < -0.4 is 10.2 Å². The largest absolute Gasteiger partial charge is 0.550 e. The van der Waals surface area contributed by atoms with Crippen LogP contribution in [-0.4, -0.2) is 33.1 Å². The van der Waals surface area contributed by atoms with Gasteiger partial charge in [-0.3, -0.25) is 9.69 Å². The summed E-state index contributed by atoms with van der Waals surface area (Å²) in [5, 5.41) is 21.7. The first kappa shape index (κ1) is 17.1. The van der Waals surface area contributed by atoms with Crippen molar-refractivity contribution < 1.29 is 29.0 Å². The summed E-state index contributed by atoms with van der Waals surface area (Å²) in [5.74, 6) is -4.68. The monoisotopic (exact) mass is 353 g/mol. The average Bonchev–Trinajstić information content (AvgIpc) is 2.71. The molecule has 120 valence electrons. The van der Waals surface area contributed by atoms with Crippen molar-refractivity contribution >= 4 is 52.2 Å². The number of carbonyl (C=O) groups is 3. The average molecular weight is 353 g/mol. The van der Waals surface area contributed by atoms with Gasteiger partial charge < -0.3 is 19.8 Å². The summed E-state index contributed by atoms with van der Waals surface area (Å²) in [5.41, 5.74) is 0.385. The van der Waals surface area contributed by atoms with E-state index >= 15 is 0 Å². The van der Waals surface area contributed by atoms with Crippen LogP contribution in [0.4, 0.5) is 4.39 Å². The molecule has 1 atom stereocenters. The topological polar surface area (TPSA) is 101 Å². The third kappa shape index (κ3) is 3.93. The van der Waals surface area contributed by atoms with Crippen LogP contribution in [0.25, 0.3) is 6.08 Å². The zero-order valence-corrected chi connectivity index (χ0v) is 13.0. The van der Waals surface area contributed by atoms with Crippen molar-refractivity contribution in [1.82, 2.24) is 4.90 Å². The van der Waals surface area contributed by atoms with E-state index in [1.54, 1.807) is 6.07 Å². The van der Waals surface area contributed by atoms with E-state index in [1.165, 1.54) is 24.3 Å². The number of amides is 1. The van der Waals surface area contributed by atoms with Gasteiger partial charge in [0.05, 0.1) is 16.9 Å². The molecule has 0 unspecified atom stereocenters. The molecule has 0 spiro atoms. The maximum Gasteiger partial charge on any atom is 0.266 e. The van der Waals surface area contributed by atoms with Crippen LogP contribution in [0, 0.1) is 5.82 Å². The molecule has 23 heavy (non-hydrogen) atoms. The maximum absolute atomic E-state index is 13.2. The molecule has 6 nitrogen and oxygen atoms in total. The summed E-state index contributed by atoms with van der Waals surface area (Å²) in [6.07, 6.45) is 0.399. The van der Waals surface area contributed by atoms with Gasteiger partial charge >= 0.3 is 0 Å². The maximum atomic E-state index is 13.2. The van der Waals surface area contributed by atoms with Crippen molar-refractivity contribution in [3.63, 3.8) is 0 Å². The lowest BCUT2D eigenvalue weighted by atomic mass is 10.1. The fourth-order valence-electron chi connectivity index (χ4n) is 1.93. The van der Waals surface area contributed by atoms with E-state index in [1.807, 2.05) is 0 Å². The quantitative estimate of drug-likeness (QED) is 0.509. The van der Waals surface area contributed by atoms with Gasteiger partial charge in [-0.25, -0.2) is 4.39 Å². The fourth-order valence-corrected chi connectivity index (χ4v) is 3.29. The van der Waals surface area contributed by atoms with Gasteiger partial charge in [0.2, 0.25) is 0 Å². The standard InChI is InChI=1S/C14H10FNO5S2/c15-8-3-1-2-7(4-8)5-10-12(19)16(14(22)23-10)9(13(20)21)6-11(17)18/h1-5,9H,6H2,(H,17,18)(H,20,21)/p-2/b10-5+/t9-/m0/s1. The minimum Gasteiger partial charge on any atom is -0.550 e. The molecule has 9 heteroatoms. The lowest BCUT2D eigenvalue weighted by molar-refractivity contribution is -0.319. The van der Waals surface area contributed by atoms with Crippen LogP contribution >= 0.6 is 24.0 Å². The zero-order valence-electron chi connectivity index (χ0n) is 11.4. The number of carboxylic acids is 2. The molecule has 1 saturated heterocycles. The normalized spacial score (nSPS) is 17.6. The molecule has 1 aromatic rings. The summed E-state index contributed by atoms with van der Waals surface area (Å²) < 4.78 is 13.0. The van der Waals surface area contributed by atoms with E-state index in [0.717, 1.165) is 11.8 Å². The molecule has 0 radical (unpaired) electrons. The summed E-state index contributed by atoms with van der Waals surface area (Å²) in [7, 11) is 0. The van der Waals surface area contributed by atoms with E-state index in [2.05, 4.69) is 0 Å². The summed E-state index contributed by atoms with van der Waals surface area (Å²) in [6.45, 7) is 0. The second-order valence-corrected chi connectivity index (χ2v) is 6.19. The lowest BCUT2D eigenvalue weighted by Gasteiger charge is -2.27. The first-order chi connectivity index (χ1) is 10.8. The molecule has 1 aliphatic rings. The Hall–Kier alpha value is -2.26.